The zero-order valence-electron chi connectivity index (χ0n) is 12.5. The summed E-state index contributed by atoms with van der Waals surface area (Å²) in [5.41, 5.74) is 0. The van der Waals surface area contributed by atoms with Gasteiger partial charge in [0.25, 0.3) is 0 Å². The van der Waals surface area contributed by atoms with Gasteiger partial charge in [0.2, 0.25) is 5.91 Å². The van der Waals surface area contributed by atoms with Crippen molar-refractivity contribution in [3.8, 4) is 0 Å². The van der Waals surface area contributed by atoms with Crippen molar-refractivity contribution in [2.75, 3.05) is 11.1 Å². The quantitative estimate of drug-likeness (QED) is 0.804. The number of anilines is 1. The maximum Gasteiger partial charge on any atom is 0.235 e. The number of hydrogen-bond acceptors (Lipinski definition) is 3. The summed E-state index contributed by atoms with van der Waals surface area (Å²) < 4.78 is 15.0. The fourth-order valence-electron chi connectivity index (χ4n) is 2.75. The average molecular weight is 354 g/mol. The lowest BCUT2D eigenvalue weighted by Crippen LogP contribution is -2.19. The molecule has 23 heavy (non-hydrogen) atoms. The highest BCUT2D eigenvalue weighted by Crippen LogP contribution is 2.31. The summed E-state index contributed by atoms with van der Waals surface area (Å²) >= 11 is 7.06. The van der Waals surface area contributed by atoms with Crippen molar-refractivity contribution in [1.82, 2.24) is 9.78 Å². The maximum absolute atomic E-state index is 13.1. The minimum Gasteiger partial charge on any atom is -0.310 e. The van der Waals surface area contributed by atoms with Gasteiger partial charge in [0.15, 0.2) is 0 Å². The zero-order valence-corrected chi connectivity index (χ0v) is 14.0. The Morgan fingerprint density at radius 3 is 2.91 bits per heavy atom. The topological polar surface area (TPSA) is 46.9 Å². The van der Waals surface area contributed by atoms with Crippen LogP contribution in [-0.2, 0) is 4.79 Å². The van der Waals surface area contributed by atoms with Gasteiger partial charge in [0.05, 0.1) is 23.0 Å². The normalized spacial score (nSPS) is 15.0. The van der Waals surface area contributed by atoms with Crippen LogP contribution in [0.2, 0.25) is 5.02 Å². The van der Waals surface area contributed by atoms with Crippen LogP contribution in [-0.4, -0.2) is 21.4 Å². The number of benzene rings is 1. The Morgan fingerprint density at radius 1 is 1.39 bits per heavy atom. The maximum atomic E-state index is 13.1. The predicted molar refractivity (Wildman–Crippen MR) is 90.5 cm³/mol. The second-order valence-electron chi connectivity index (χ2n) is 5.51. The summed E-state index contributed by atoms with van der Waals surface area (Å²) in [6.07, 6.45) is 6.33. The molecular formula is C16H17ClFN3OS. The number of rotatable bonds is 5. The largest absolute Gasteiger partial charge is 0.310 e. The number of amides is 1. The molecular weight excluding hydrogens is 337 g/mol. The summed E-state index contributed by atoms with van der Waals surface area (Å²) in [6, 6.07) is 6.64. The minimum atomic E-state index is -0.457. The number of thioether (sulfide) groups is 1. The lowest BCUT2D eigenvalue weighted by Gasteiger charge is -2.14. The molecule has 0 atom stereocenters. The lowest BCUT2D eigenvalue weighted by molar-refractivity contribution is -0.113. The Kier molecular flexibility index (Phi) is 5.23. The van der Waals surface area contributed by atoms with Crippen molar-refractivity contribution >= 4 is 35.1 Å². The second-order valence-corrected chi connectivity index (χ2v) is 6.97. The molecule has 1 amide bonds. The van der Waals surface area contributed by atoms with Crippen LogP contribution in [0.5, 0.6) is 0 Å². The predicted octanol–water partition coefficient (Wildman–Crippen LogP) is 4.52. The molecule has 0 saturated heterocycles. The third kappa shape index (κ3) is 4.06. The van der Waals surface area contributed by atoms with E-state index >= 15 is 0 Å². The molecule has 0 radical (unpaired) electrons. The van der Waals surface area contributed by atoms with Gasteiger partial charge in [-0.25, -0.2) is 9.07 Å². The molecule has 1 heterocycles. The Labute approximate surface area is 143 Å². The Balaban J connectivity index is 1.57. The fraction of sp³-hybridized carbons (Fsp3) is 0.375. The van der Waals surface area contributed by atoms with E-state index in [0.29, 0.717) is 6.04 Å². The van der Waals surface area contributed by atoms with Gasteiger partial charge in [-0.3, -0.25) is 4.79 Å². The van der Waals surface area contributed by atoms with Crippen LogP contribution >= 0.6 is 23.4 Å². The first kappa shape index (κ1) is 16.3. The van der Waals surface area contributed by atoms with Crippen molar-refractivity contribution in [3.05, 3.63) is 41.3 Å². The van der Waals surface area contributed by atoms with Gasteiger partial charge in [0, 0.05) is 11.0 Å². The SMILES string of the molecule is O=C(CSc1ccc(F)c(Cl)c1)Nc1ccnn1C1CCCC1. The Bertz CT molecular complexity index is 700. The van der Waals surface area contributed by atoms with Gasteiger partial charge in [-0.2, -0.15) is 5.10 Å². The standard InChI is InChI=1S/C16H17ClFN3OS/c17-13-9-12(5-6-14(13)18)23-10-16(22)20-15-7-8-19-21(15)11-3-1-2-4-11/h5-9,11H,1-4,10H2,(H,20,22). The summed E-state index contributed by atoms with van der Waals surface area (Å²) in [5.74, 6) is 0.397. The smallest absolute Gasteiger partial charge is 0.235 e. The molecule has 2 aromatic rings. The van der Waals surface area contributed by atoms with Gasteiger partial charge >= 0.3 is 0 Å². The van der Waals surface area contributed by atoms with E-state index in [9.17, 15) is 9.18 Å². The van der Waals surface area contributed by atoms with Crippen molar-refractivity contribution in [2.45, 2.75) is 36.6 Å². The Hall–Kier alpha value is -1.53. The number of carbonyl (C=O) groups excluding carboxylic acids is 1. The van der Waals surface area contributed by atoms with Crippen LogP contribution in [0.4, 0.5) is 10.2 Å². The first-order valence-electron chi connectivity index (χ1n) is 7.54. The van der Waals surface area contributed by atoms with E-state index in [1.807, 2.05) is 10.7 Å². The van der Waals surface area contributed by atoms with E-state index in [1.54, 1.807) is 12.3 Å². The number of halogens is 2. The number of nitrogens with one attached hydrogen (secondary N) is 1. The highest BCUT2D eigenvalue weighted by molar-refractivity contribution is 8.00. The van der Waals surface area contributed by atoms with Gasteiger partial charge in [-0.1, -0.05) is 24.4 Å². The van der Waals surface area contributed by atoms with E-state index in [1.165, 1.54) is 36.7 Å². The molecule has 122 valence electrons. The average Bonchev–Trinajstić information content (AvgIpc) is 3.19. The van der Waals surface area contributed by atoms with Crippen LogP contribution < -0.4 is 5.32 Å². The van der Waals surface area contributed by atoms with E-state index in [-0.39, 0.29) is 16.7 Å². The lowest BCUT2D eigenvalue weighted by atomic mass is 10.2. The highest BCUT2D eigenvalue weighted by atomic mass is 35.5. The third-order valence-corrected chi connectivity index (χ3v) is 5.15. The van der Waals surface area contributed by atoms with Crippen molar-refractivity contribution in [2.24, 2.45) is 0 Å². The molecule has 1 aromatic carbocycles. The summed E-state index contributed by atoms with van der Waals surface area (Å²) in [5, 5.41) is 7.29. The van der Waals surface area contributed by atoms with Crippen molar-refractivity contribution in [3.63, 3.8) is 0 Å². The molecule has 1 aromatic heterocycles. The van der Waals surface area contributed by atoms with Crippen LogP contribution in [0.25, 0.3) is 0 Å². The molecule has 0 aliphatic heterocycles. The van der Waals surface area contributed by atoms with E-state index in [2.05, 4.69) is 10.4 Å². The number of aromatic nitrogens is 2. The number of carbonyl (C=O) groups is 1. The van der Waals surface area contributed by atoms with Gasteiger partial charge in [0.1, 0.15) is 11.6 Å². The molecule has 1 aliphatic rings. The van der Waals surface area contributed by atoms with Gasteiger partial charge in [-0.15, -0.1) is 11.8 Å². The highest BCUT2D eigenvalue weighted by Gasteiger charge is 2.20. The molecule has 1 saturated carbocycles. The van der Waals surface area contributed by atoms with Gasteiger partial charge < -0.3 is 5.32 Å². The first-order valence-corrected chi connectivity index (χ1v) is 8.91. The molecule has 3 rings (SSSR count). The van der Waals surface area contributed by atoms with E-state index in [0.717, 1.165) is 23.6 Å². The Morgan fingerprint density at radius 2 is 2.17 bits per heavy atom. The third-order valence-electron chi connectivity index (χ3n) is 3.87. The molecule has 0 spiro atoms. The van der Waals surface area contributed by atoms with E-state index in [4.69, 9.17) is 11.6 Å². The molecule has 1 N–H and O–H groups in total. The fourth-order valence-corrected chi connectivity index (χ4v) is 3.73. The number of nitrogens with zero attached hydrogens (tertiary/aromatic N) is 2. The summed E-state index contributed by atoms with van der Waals surface area (Å²) in [4.78, 5) is 12.9. The van der Waals surface area contributed by atoms with Crippen LogP contribution in [0.15, 0.2) is 35.4 Å². The van der Waals surface area contributed by atoms with Crippen LogP contribution in [0.1, 0.15) is 31.7 Å². The van der Waals surface area contributed by atoms with E-state index < -0.39 is 5.82 Å². The summed E-state index contributed by atoms with van der Waals surface area (Å²) in [6.45, 7) is 0. The number of hydrogen-bond donors (Lipinski definition) is 1. The summed E-state index contributed by atoms with van der Waals surface area (Å²) in [7, 11) is 0. The molecule has 0 unspecified atom stereocenters. The molecule has 7 heteroatoms. The van der Waals surface area contributed by atoms with Gasteiger partial charge in [-0.05, 0) is 31.0 Å². The zero-order chi connectivity index (χ0) is 16.2. The minimum absolute atomic E-state index is 0.0646. The molecule has 4 nitrogen and oxygen atoms in total. The molecule has 0 bridgehead atoms. The second kappa shape index (κ2) is 7.36. The van der Waals surface area contributed by atoms with Crippen molar-refractivity contribution < 1.29 is 9.18 Å². The monoisotopic (exact) mass is 353 g/mol. The van der Waals surface area contributed by atoms with Crippen LogP contribution in [0, 0.1) is 5.82 Å². The molecule has 1 aliphatic carbocycles. The van der Waals surface area contributed by atoms with Crippen LogP contribution in [0.3, 0.4) is 0 Å². The molecule has 1 fully saturated rings. The van der Waals surface area contributed by atoms with Crippen molar-refractivity contribution in [1.29, 1.82) is 0 Å². The first-order chi connectivity index (χ1) is 11.1.